The number of rotatable bonds is 1. The minimum atomic E-state index is -0.484. The third-order valence-corrected chi connectivity index (χ3v) is 5.16. The van der Waals surface area contributed by atoms with E-state index in [-0.39, 0.29) is 0 Å². The second kappa shape index (κ2) is 6.30. The fourth-order valence-corrected chi connectivity index (χ4v) is 3.89. The van der Waals surface area contributed by atoms with Crippen LogP contribution in [0.2, 0.25) is 0 Å². The van der Waals surface area contributed by atoms with Gasteiger partial charge in [0.2, 0.25) is 0 Å². The molecule has 1 N–H and O–H groups in total. The van der Waals surface area contributed by atoms with Crippen LogP contribution in [0, 0.1) is 17.0 Å². The summed E-state index contributed by atoms with van der Waals surface area (Å²) in [7, 11) is 0. The molecule has 1 aromatic carbocycles. The summed E-state index contributed by atoms with van der Waals surface area (Å²) < 4.78 is 26.7. The molecule has 0 aromatic heterocycles. The topological polar surface area (TPSA) is 15.3 Å². The molecule has 2 aliphatic rings. The minimum Gasteiger partial charge on any atom is -0.371 e. The Morgan fingerprint density at radius 3 is 2.00 bits per heavy atom. The first-order valence-electron chi connectivity index (χ1n) is 8.09. The molecule has 2 aliphatic heterocycles. The lowest BCUT2D eigenvalue weighted by Crippen LogP contribution is -2.41. The van der Waals surface area contributed by atoms with Gasteiger partial charge >= 0.3 is 0 Å². The maximum Gasteiger partial charge on any atom is 0.128 e. The molecule has 3 rings (SSSR count). The van der Waals surface area contributed by atoms with Crippen molar-refractivity contribution in [2.24, 2.45) is 5.41 Å². The monoisotopic (exact) mass is 294 g/mol. The first-order valence-corrected chi connectivity index (χ1v) is 8.09. The Morgan fingerprint density at radius 1 is 0.857 bits per heavy atom. The molecule has 2 fully saturated rings. The average Bonchev–Trinajstić information content (AvgIpc) is 2.43. The molecule has 0 saturated carbocycles. The van der Waals surface area contributed by atoms with Crippen LogP contribution in [0.4, 0.5) is 14.5 Å². The number of anilines is 1. The Bertz CT molecular complexity index is 451. The lowest BCUT2D eigenvalue weighted by Gasteiger charge is -2.44. The molecule has 0 amide bonds. The van der Waals surface area contributed by atoms with Gasteiger partial charge in [-0.15, -0.1) is 0 Å². The van der Waals surface area contributed by atoms with Gasteiger partial charge in [0.1, 0.15) is 11.6 Å². The SMILES string of the molecule is Fc1cc(F)cc(N2CCC3(CCCNCCC3)CC2)c1. The standard InChI is InChI=1S/C17H24F2N2/c18-14-11-15(19)13-16(12-14)21-9-5-17(6-10-21)3-1-7-20-8-2-4-17/h11-13,20H,1-10H2. The molecule has 0 bridgehead atoms. The van der Waals surface area contributed by atoms with Gasteiger partial charge in [0, 0.05) is 24.8 Å². The molecule has 21 heavy (non-hydrogen) atoms. The number of nitrogens with zero attached hydrogens (tertiary/aromatic N) is 1. The van der Waals surface area contributed by atoms with Crippen LogP contribution in [-0.2, 0) is 0 Å². The second-order valence-electron chi connectivity index (χ2n) is 6.57. The molecule has 116 valence electrons. The van der Waals surface area contributed by atoms with E-state index in [4.69, 9.17) is 0 Å². The summed E-state index contributed by atoms with van der Waals surface area (Å²) in [5.74, 6) is -0.968. The third-order valence-electron chi connectivity index (χ3n) is 5.16. The van der Waals surface area contributed by atoms with Crippen molar-refractivity contribution in [1.29, 1.82) is 0 Å². The summed E-state index contributed by atoms with van der Waals surface area (Å²) >= 11 is 0. The molecule has 0 aliphatic carbocycles. The van der Waals surface area contributed by atoms with E-state index in [2.05, 4.69) is 10.2 Å². The van der Waals surface area contributed by atoms with E-state index in [1.54, 1.807) is 0 Å². The van der Waals surface area contributed by atoms with Gasteiger partial charge in [-0.1, -0.05) is 0 Å². The van der Waals surface area contributed by atoms with Gasteiger partial charge in [-0.2, -0.15) is 0 Å². The van der Waals surface area contributed by atoms with E-state index < -0.39 is 11.6 Å². The highest BCUT2D eigenvalue weighted by Gasteiger charge is 2.34. The summed E-state index contributed by atoms with van der Waals surface area (Å²) in [5.41, 5.74) is 1.15. The second-order valence-corrected chi connectivity index (χ2v) is 6.57. The van der Waals surface area contributed by atoms with E-state index >= 15 is 0 Å². The summed E-state index contributed by atoms with van der Waals surface area (Å²) in [4.78, 5) is 2.13. The molecule has 2 saturated heterocycles. The summed E-state index contributed by atoms with van der Waals surface area (Å²) in [6, 6.07) is 3.84. The van der Waals surface area contributed by atoms with Crippen molar-refractivity contribution in [3.8, 4) is 0 Å². The van der Waals surface area contributed by atoms with Crippen LogP contribution in [0.1, 0.15) is 38.5 Å². The molecule has 1 spiro atoms. The van der Waals surface area contributed by atoms with Gasteiger partial charge < -0.3 is 10.2 Å². The summed E-state index contributed by atoms with van der Waals surface area (Å²) in [6.07, 6.45) is 7.34. The van der Waals surface area contributed by atoms with Gasteiger partial charge in [-0.05, 0) is 69.2 Å². The van der Waals surface area contributed by atoms with Crippen LogP contribution in [0.3, 0.4) is 0 Å². The van der Waals surface area contributed by atoms with Crippen LogP contribution in [0.25, 0.3) is 0 Å². The number of hydrogen-bond acceptors (Lipinski definition) is 2. The van der Waals surface area contributed by atoms with Crippen LogP contribution in [0.5, 0.6) is 0 Å². The lowest BCUT2D eigenvalue weighted by atomic mass is 9.71. The molecule has 0 unspecified atom stereocenters. The predicted octanol–water partition coefficient (Wildman–Crippen LogP) is 3.72. The van der Waals surface area contributed by atoms with Gasteiger partial charge in [0.15, 0.2) is 0 Å². The van der Waals surface area contributed by atoms with Gasteiger partial charge in [-0.3, -0.25) is 0 Å². The molecular weight excluding hydrogens is 270 g/mol. The molecule has 1 aromatic rings. The Hall–Kier alpha value is -1.16. The fraction of sp³-hybridized carbons (Fsp3) is 0.647. The Labute approximate surface area is 125 Å². The highest BCUT2D eigenvalue weighted by Crippen LogP contribution is 2.41. The fourth-order valence-electron chi connectivity index (χ4n) is 3.89. The van der Waals surface area contributed by atoms with Crippen LogP contribution in [0.15, 0.2) is 18.2 Å². The maximum atomic E-state index is 13.4. The predicted molar refractivity (Wildman–Crippen MR) is 81.6 cm³/mol. The number of piperidine rings is 1. The van der Waals surface area contributed by atoms with Crippen LogP contribution < -0.4 is 10.2 Å². The number of halogens is 2. The highest BCUT2D eigenvalue weighted by molar-refractivity contribution is 5.47. The first-order chi connectivity index (χ1) is 10.2. The van der Waals surface area contributed by atoms with E-state index in [1.807, 2.05) is 0 Å². The van der Waals surface area contributed by atoms with Crippen LogP contribution in [-0.4, -0.2) is 26.2 Å². The zero-order chi connectivity index (χ0) is 14.7. The molecule has 0 radical (unpaired) electrons. The number of benzene rings is 1. The van der Waals surface area contributed by atoms with E-state index in [9.17, 15) is 8.78 Å². The smallest absolute Gasteiger partial charge is 0.128 e. The number of nitrogens with one attached hydrogen (secondary N) is 1. The van der Waals surface area contributed by atoms with E-state index in [0.29, 0.717) is 11.1 Å². The normalized spacial score (nSPS) is 22.9. The van der Waals surface area contributed by atoms with Crippen LogP contribution >= 0.6 is 0 Å². The minimum absolute atomic E-state index is 0.463. The third kappa shape index (κ3) is 3.54. The zero-order valence-electron chi connectivity index (χ0n) is 12.5. The number of hydrogen-bond donors (Lipinski definition) is 1. The largest absolute Gasteiger partial charge is 0.371 e. The van der Waals surface area contributed by atoms with Crippen molar-refractivity contribution in [3.63, 3.8) is 0 Å². The average molecular weight is 294 g/mol. The molecule has 4 heteroatoms. The lowest BCUT2D eigenvalue weighted by molar-refractivity contribution is 0.164. The molecule has 2 heterocycles. The summed E-state index contributed by atoms with van der Waals surface area (Å²) in [6.45, 7) is 4.08. The highest BCUT2D eigenvalue weighted by atomic mass is 19.1. The van der Waals surface area contributed by atoms with E-state index in [0.717, 1.165) is 45.1 Å². The Kier molecular flexibility index (Phi) is 4.43. The quantitative estimate of drug-likeness (QED) is 0.849. The first kappa shape index (κ1) is 14.8. The Morgan fingerprint density at radius 2 is 1.43 bits per heavy atom. The van der Waals surface area contributed by atoms with Crippen molar-refractivity contribution in [2.75, 3.05) is 31.1 Å². The van der Waals surface area contributed by atoms with Crippen molar-refractivity contribution >= 4 is 5.69 Å². The Balaban J connectivity index is 1.66. The van der Waals surface area contributed by atoms with Gasteiger partial charge in [0.05, 0.1) is 0 Å². The summed E-state index contributed by atoms with van der Waals surface area (Å²) in [5, 5.41) is 3.46. The van der Waals surface area contributed by atoms with Gasteiger partial charge in [-0.25, -0.2) is 8.78 Å². The zero-order valence-corrected chi connectivity index (χ0v) is 12.5. The van der Waals surface area contributed by atoms with Crippen molar-refractivity contribution < 1.29 is 8.78 Å². The molecule has 2 nitrogen and oxygen atoms in total. The van der Waals surface area contributed by atoms with Crippen molar-refractivity contribution in [2.45, 2.75) is 38.5 Å². The molecule has 0 atom stereocenters. The van der Waals surface area contributed by atoms with Gasteiger partial charge in [0.25, 0.3) is 0 Å². The molecular formula is C17H24F2N2. The maximum absolute atomic E-state index is 13.4. The van der Waals surface area contributed by atoms with Crippen molar-refractivity contribution in [1.82, 2.24) is 5.32 Å². The van der Waals surface area contributed by atoms with Crippen molar-refractivity contribution in [3.05, 3.63) is 29.8 Å². The van der Waals surface area contributed by atoms with E-state index in [1.165, 1.54) is 37.8 Å².